The van der Waals surface area contributed by atoms with Crippen molar-refractivity contribution >= 4 is 11.2 Å². The topological polar surface area (TPSA) is 50.8 Å². The molecule has 3 rings (SSSR count). The fourth-order valence-electron chi connectivity index (χ4n) is 2.51. The Morgan fingerprint density at radius 3 is 2.88 bits per heavy atom. The average molecular weight is 231 g/mol. The van der Waals surface area contributed by atoms with Crippen LogP contribution in [0.2, 0.25) is 0 Å². The van der Waals surface area contributed by atoms with E-state index >= 15 is 0 Å². The SMILES string of the molecule is CCOc1ccc2[nH]c(C3CCCC3)nc2n1. The molecule has 4 nitrogen and oxygen atoms in total. The number of imidazole rings is 1. The van der Waals surface area contributed by atoms with Crippen molar-refractivity contribution in [3.63, 3.8) is 0 Å². The number of H-pyrrole nitrogens is 1. The summed E-state index contributed by atoms with van der Waals surface area (Å²) < 4.78 is 5.38. The monoisotopic (exact) mass is 231 g/mol. The Balaban J connectivity index is 1.94. The first-order valence-electron chi connectivity index (χ1n) is 6.36. The van der Waals surface area contributed by atoms with E-state index in [1.54, 1.807) is 0 Å². The minimum atomic E-state index is 0.597. The van der Waals surface area contributed by atoms with Gasteiger partial charge in [-0.05, 0) is 25.8 Å². The van der Waals surface area contributed by atoms with E-state index in [0.29, 0.717) is 18.4 Å². The van der Waals surface area contributed by atoms with E-state index in [4.69, 9.17) is 4.74 Å². The van der Waals surface area contributed by atoms with Crippen molar-refractivity contribution in [2.75, 3.05) is 6.61 Å². The zero-order valence-electron chi connectivity index (χ0n) is 10.1. The molecule has 90 valence electrons. The van der Waals surface area contributed by atoms with Gasteiger partial charge >= 0.3 is 0 Å². The second kappa shape index (κ2) is 4.35. The highest BCUT2D eigenvalue weighted by molar-refractivity contribution is 5.71. The number of pyridine rings is 1. The quantitative estimate of drug-likeness (QED) is 0.883. The minimum absolute atomic E-state index is 0.597. The predicted molar refractivity (Wildman–Crippen MR) is 66.3 cm³/mol. The second-order valence-corrected chi connectivity index (χ2v) is 4.56. The molecule has 1 aliphatic carbocycles. The fourth-order valence-corrected chi connectivity index (χ4v) is 2.51. The van der Waals surface area contributed by atoms with Crippen LogP contribution in [-0.4, -0.2) is 21.6 Å². The third-order valence-electron chi connectivity index (χ3n) is 3.37. The number of hydrogen-bond acceptors (Lipinski definition) is 3. The lowest BCUT2D eigenvalue weighted by atomic mass is 10.1. The number of rotatable bonds is 3. The van der Waals surface area contributed by atoms with Crippen molar-refractivity contribution in [3.05, 3.63) is 18.0 Å². The molecule has 0 aromatic carbocycles. The molecule has 0 saturated heterocycles. The van der Waals surface area contributed by atoms with Crippen molar-refractivity contribution in [3.8, 4) is 5.88 Å². The number of nitrogens with one attached hydrogen (secondary N) is 1. The van der Waals surface area contributed by atoms with Crippen molar-refractivity contribution in [2.45, 2.75) is 38.5 Å². The van der Waals surface area contributed by atoms with Crippen LogP contribution in [-0.2, 0) is 0 Å². The minimum Gasteiger partial charge on any atom is -0.478 e. The molecule has 0 spiro atoms. The summed E-state index contributed by atoms with van der Waals surface area (Å²) in [5.74, 6) is 2.35. The smallest absolute Gasteiger partial charge is 0.215 e. The van der Waals surface area contributed by atoms with Crippen LogP contribution in [0.1, 0.15) is 44.3 Å². The van der Waals surface area contributed by atoms with Crippen molar-refractivity contribution < 1.29 is 4.74 Å². The summed E-state index contributed by atoms with van der Waals surface area (Å²) in [6.45, 7) is 2.60. The largest absolute Gasteiger partial charge is 0.478 e. The molecule has 1 saturated carbocycles. The number of fused-ring (bicyclic) bond motifs is 1. The van der Waals surface area contributed by atoms with Crippen LogP contribution in [0.25, 0.3) is 11.2 Å². The Morgan fingerprint density at radius 1 is 1.29 bits per heavy atom. The van der Waals surface area contributed by atoms with Crippen LogP contribution >= 0.6 is 0 Å². The third kappa shape index (κ3) is 1.99. The molecule has 0 aliphatic heterocycles. The van der Waals surface area contributed by atoms with Gasteiger partial charge in [0.15, 0.2) is 5.65 Å². The zero-order valence-corrected chi connectivity index (χ0v) is 10.1. The van der Waals surface area contributed by atoms with Gasteiger partial charge in [0.2, 0.25) is 5.88 Å². The highest BCUT2D eigenvalue weighted by Crippen LogP contribution is 2.33. The molecule has 1 aliphatic rings. The Bertz CT molecular complexity index is 514. The van der Waals surface area contributed by atoms with Gasteiger partial charge < -0.3 is 9.72 Å². The van der Waals surface area contributed by atoms with Crippen molar-refractivity contribution in [2.24, 2.45) is 0 Å². The summed E-state index contributed by atoms with van der Waals surface area (Å²) in [4.78, 5) is 12.4. The maximum absolute atomic E-state index is 5.38. The summed E-state index contributed by atoms with van der Waals surface area (Å²) >= 11 is 0. The van der Waals surface area contributed by atoms with E-state index in [-0.39, 0.29) is 0 Å². The van der Waals surface area contributed by atoms with Gasteiger partial charge in [-0.1, -0.05) is 12.8 Å². The standard InChI is InChI=1S/C13H17N3O/c1-2-17-11-8-7-10-13(15-11)16-12(14-10)9-5-3-4-6-9/h7-9H,2-6H2,1H3,(H,14,15,16). The Labute approximate surface area is 100 Å². The van der Waals surface area contributed by atoms with Gasteiger partial charge in [0.25, 0.3) is 0 Å². The molecule has 17 heavy (non-hydrogen) atoms. The lowest BCUT2D eigenvalue weighted by Gasteiger charge is -2.02. The summed E-state index contributed by atoms with van der Waals surface area (Å²) in [5.41, 5.74) is 1.79. The highest BCUT2D eigenvalue weighted by atomic mass is 16.5. The normalized spacial score (nSPS) is 16.8. The second-order valence-electron chi connectivity index (χ2n) is 4.56. The summed E-state index contributed by atoms with van der Waals surface area (Å²) in [7, 11) is 0. The first kappa shape index (κ1) is 10.6. The number of ether oxygens (including phenoxy) is 1. The molecule has 0 bridgehead atoms. The van der Waals surface area contributed by atoms with Gasteiger partial charge in [-0.3, -0.25) is 0 Å². The lowest BCUT2D eigenvalue weighted by Crippen LogP contribution is -1.94. The molecule has 4 heteroatoms. The van der Waals surface area contributed by atoms with Crippen LogP contribution < -0.4 is 4.74 Å². The Morgan fingerprint density at radius 2 is 2.12 bits per heavy atom. The molecule has 2 aromatic rings. The van der Waals surface area contributed by atoms with Crippen molar-refractivity contribution in [1.82, 2.24) is 15.0 Å². The summed E-state index contributed by atoms with van der Waals surface area (Å²) in [6.07, 6.45) is 5.13. The number of aromatic nitrogens is 3. The Kier molecular flexibility index (Phi) is 2.71. The van der Waals surface area contributed by atoms with Crippen LogP contribution in [0.4, 0.5) is 0 Å². The molecule has 1 fully saturated rings. The highest BCUT2D eigenvalue weighted by Gasteiger charge is 2.20. The molecule has 2 aromatic heterocycles. The van der Waals surface area contributed by atoms with E-state index < -0.39 is 0 Å². The lowest BCUT2D eigenvalue weighted by molar-refractivity contribution is 0.328. The first-order chi connectivity index (χ1) is 8.36. The number of nitrogens with zero attached hydrogens (tertiary/aromatic N) is 2. The number of hydrogen-bond donors (Lipinski definition) is 1. The number of aromatic amines is 1. The van der Waals surface area contributed by atoms with Crippen LogP contribution in [0.5, 0.6) is 5.88 Å². The van der Waals surface area contributed by atoms with Crippen molar-refractivity contribution in [1.29, 1.82) is 0 Å². The molecular weight excluding hydrogens is 214 g/mol. The molecule has 0 amide bonds. The van der Waals surface area contributed by atoms with Crippen LogP contribution in [0.3, 0.4) is 0 Å². The molecular formula is C13H17N3O. The molecule has 0 radical (unpaired) electrons. The molecule has 1 N–H and O–H groups in total. The van der Waals surface area contributed by atoms with Gasteiger partial charge in [0.1, 0.15) is 5.82 Å². The van der Waals surface area contributed by atoms with Gasteiger partial charge in [0.05, 0.1) is 12.1 Å². The zero-order chi connectivity index (χ0) is 11.7. The summed E-state index contributed by atoms with van der Waals surface area (Å²) in [6, 6.07) is 3.89. The van der Waals surface area contributed by atoms with E-state index in [2.05, 4.69) is 15.0 Å². The van der Waals surface area contributed by atoms with Gasteiger partial charge in [-0.25, -0.2) is 4.98 Å². The van der Waals surface area contributed by atoms with Crippen LogP contribution in [0.15, 0.2) is 12.1 Å². The fraction of sp³-hybridized carbons (Fsp3) is 0.538. The van der Waals surface area contributed by atoms with E-state index in [0.717, 1.165) is 17.0 Å². The molecule has 2 heterocycles. The first-order valence-corrected chi connectivity index (χ1v) is 6.36. The van der Waals surface area contributed by atoms with E-state index in [1.165, 1.54) is 25.7 Å². The van der Waals surface area contributed by atoms with Crippen LogP contribution in [0, 0.1) is 0 Å². The maximum Gasteiger partial charge on any atom is 0.215 e. The van der Waals surface area contributed by atoms with Gasteiger partial charge in [-0.15, -0.1) is 0 Å². The average Bonchev–Trinajstić information content (AvgIpc) is 2.97. The maximum atomic E-state index is 5.38. The molecule has 0 unspecified atom stereocenters. The molecule has 0 atom stereocenters. The van der Waals surface area contributed by atoms with E-state index in [9.17, 15) is 0 Å². The third-order valence-corrected chi connectivity index (χ3v) is 3.37. The van der Waals surface area contributed by atoms with Gasteiger partial charge in [-0.2, -0.15) is 4.98 Å². The summed E-state index contributed by atoms with van der Waals surface area (Å²) in [5, 5.41) is 0. The van der Waals surface area contributed by atoms with E-state index in [1.807, 2.05) is 19.1 Å². The predicted octanol–water partition coefficient (Wildman–Crippen LogP) is 3.01. The van der Waals surface area contributed by atoms with Gasteiger partial charge in [0, 0.05) is 12.0 Å². The Hall–Kier alpha value is -1.58.